The van der Waals surface area contributed by atoms with Crippen LogP contribution in [0.2, 0.25) is 0 Å². The topological polar surface area (TPSA) is 277 Å². The fourth-order valence-electron chi connectivity index (χ4n) is 10.9. The molecule has 0 atom stereocenters. The van der Waals surface area contributed by atoms with Crippen molar-refractivity contribution in [2.75, 3.05) is 39.6 Å². The zero-order chi connectivity index (χ0) is 65.3. The second-order valence-electron chi connectivity index (χ2n) is 23.8. The minimum absolute atomic E-state index is 0.118. The second kappa shape index (κ2) is 31.7. The molecular formula is C71H81N13O10. The van der Waals surface area contributed by atoms with Crippen LogP contribution in [-0.4, -0.2) is 114 Å². The molecule has 0 bridgehead atoms. The Hall–Kier alpha value is -9.71. The standard InChI is InChI=1S/C25H28N4O3.C23H27N5O3.C23H26N4O4/c1-16(28-21-9-11-30-12-10-21)19-6-8-24(27-13-19)31-15-22-17(2)32-29-25(22)20-5-7-23(26-14-20)18-3-4-18;1-4-21-19(23(28-31-21)17-6-5-15(2)24-13-17)14-30-22-8-7-20(26-27-22)16(3)25-18-9-11-29-12-10-18;1-14-10-21(25-12-19(14)23(28)26-18-6-8-29-9-7-18)30-13-20-16(3)31-27-22(20)17-5-4-15(2)24-11-17/h5-8,13-14,18,21,28H,1,3-4,9-12,15H2,2H3;5-8,13,18,25H,3-4,9-12,14H2,1-2H3;4-5,10-12,18H,6-9,13H2,1-3H3,(H,26,28). The van der Waals surface area contributed by atoms with Crippen LogP contribution in [0, 0.1) is 34.6 Å². The molecule has 23 heteroatoms. The number of ether oxygens (including phenoxy) is 6. The highest BCUT2D eigenvalue weighted by atomic mass is 16.5. The fourth-order valence-corrected chi connectivity index (χ4v) is 10.9. The molecule has 490 valence electrons. The van der Waals surface area contributed by atoms with Crippen molar-refractivity contribution in [3.8, 4) is 51.4 Å². The van der Waals surface area contributed by atoms with E-state index in [2.05, 4.69) is 91.8 Å². The van der Waals surface area contributed by atoms with Gasteiger partial charge in [0.2, 0.25) is 17.6 Å². The molecule has 13 rings (SSSR count). The van der Waals surface area contributed by atoms with Gasteiger partial charge in [-0.2, -0.15) is 0 Å². The molecule has 9 aromatic rings. The second-order valence-corrected chi connectivity index (χ2v) is 23.8. The first-order valence-electron chi connectivity index (χ1n) is 32.1. The molecule has 0 spiro atoms. The zero-order valence-corrected chi connectivity index (χ0v) is 54.2. The van der Waals surface area contributed by atoms with Gasteiger partial charge in [0.05, 0.1) is 28.0 Å². The van der Waals surface area contributed by atoms with Crippen molar-refractivity contribution in [2.45, 2.75) is 143 Å². The summed E-state index contributed by atoms with van der Waals surface area (Å²) >= 11 is 0. The number of aryl methyl sites for hydroxylation is 6. The number of hydrogen-bond donors (Lipinski definition) is 3. The third kappa shape index (κ3) is 17.5. The van der Waals surface area contributed by atoms with Gasteiger partial charge in [0.1, 0.15) is 59.9 Å². The molecule has 3 saturated heterocycles. The van der Waals surface area contributed by atoms with Crippen LogP contribution in [0.1, 0.15) is 142 Å². The molecule has 3 aliphatic heterocycles. The largest absolute Gasteiger partial charge is 0.473 e. The summed E-state index contributed by atoms with van der Waals surface area (Å²) in [4.78, 5) is 34.7. The van der Waals surface area contributed by atoms with Crippen LogP contribution in [0.15, 0.2) is 124 Å². The van der Waals surface area contributed by atoms with Gasteiger partial charge in [-0.15, -0.1) is 10.2 Å². The Balaban J connectivity index is 0.000000144. The lowest BCUT2D eigenvalue weighted by atomic mass is 10.1. The highest BCUT2D eigenvalue weighted by molar-refractivity contribution is 5.95. The number of hydrogen-bond acceptors (Lipinski definition) is 22. The van der Waals surface area contributed by atoms with E-state index in [1.165, 1.54) is 12.8 Å². The van der Waals surface area contributed by atoms with E-state index in [1.54, 1.807) is 36.9 Å². The van der Waals surface area contributed by atoms with E-state index in [-0.39, 0.29) is 25.2 Å². The van der Waals surface area contributed by atoms with Crippen LogP contribution in [0.5, 0.6) is 17.6 Å². The smallest absolute Gasteiger partial charge is 0.253 e. The molecule has 4 fully saturated rings. The van der Waals surface area contributed by atoms with Crippen molar-refractivity contribution >= 4 is 17.3 Å². The molecule has 23 nitrogen and oxygen atoms in total. The molecule has 12 heterocycles. The number of nitrogens with one attached hydrogen (secondary N) is 3. The summed E-state index contributed by atoms with van der Waals surface area (Å²) in [5.41, 5.74) is 15.2. The summed E-state index contributed by atoms with van der Waals surface area (Å²) in [5.74, 6) is 4.12. The van der Waals surface area contributed by atoms with Crippen LogP contribution in [0.4, 0.5) is 0 Å². The molecule has 4 aliphatic rings. The molecule has 1 amide bonds. The first-order chi connectivity index (χ1) is 45.8. The molecule has 0 aromatic carbocycles. The van der Waals surface area contributed by atoms with E-state index in [9.17, 15) is 4.79 Å². The van der Waals surface area contributed by atoms with Gasteiger partial charge >= 0.3 is 0 Å². The average Bonchev–Trinajstić information content (AvgIpc) is 1.94. The molecule has 0 unspecified atom stereocenters. The molecular weight excluding hydrogens is 1190 g/mol. The maximum absolute atomic E-state index is 12.6. The number of nitrogens with zero attached hydrogens (tertiary/aromatic N) is 10. The van der Waals surface area contributed by atoms with Crippen LogP contribution in [-0.2, 0) is 40.5 Å². The average molecular weight is 1280 g/mol. The number of amides is 1. The summed E-state index contributed by atoms with van der Waals surface area (Å²) in [6, 6.07) is 22.1. The maximum atomic E-state index is 12.6. The summed E-state index contributed by atoms with van der Waals surface area (Å²) in [6.45, 7) is 25.1. The van der Waals surface area contributed by atoms with E-state index >= 15 is 0 Å². The van der Waals surface area contributed by atoms with Gasteiger partial charge in [-0.1, -0.05) is 35.6 Å². The first-order valence-corrected chi connectivity index (χ1v) is 32.1. The summed E-state index contributed by atoms with van der Waals surface area (Å²) in [5, 5.41) is 31.0. The van der Waals surface area contributed by atoms with E-state index < -0.39 is 0 Å². The quantitative estimate of drug-likeness (QED) is 0.0568. The molecule has 0 radical (unpaired) electrons. The summed E-state index contributed by atoms with van der Waals surface area (Å²) < 4.78 is 50.2. The Morgan fingerprint density at radius 2 is 1.00 bits per heavy atom. The van der Waals surface area contributed by atoms with Crippen LogP contribution >= 0.6 is 0 Å². The van der Waals surface area contributed by atoms with Gasteiger partial charge in [-0.3, -0.25) is 19.7 Å². The van der Waals surface area contributed by atoms with Gasteiger partial charge in [0.15, 0.2) is 0 Å². The molecule has 3 N–H and O–H groups in total. The highest BCUT2D eigenvalue weighted by Gasteiger charge is 2.27. The molecule has 9 aromatic heterocycles. The van der Waals surface area contributed by atoms with Crippen molar-refractivity contribution in [1.82, 2.24) is 66.5 Å². The molecule has 1 saturated carbocycles. The monoisotopic (exact) mass is 1280 g/mol. The number of rotatable bonds is 22. The lowest BCUT2D eigenvalue weighted by Gasteiger charge is -2.25. The Kier molecular flexibility index (Phi) is 22.2. The molecule has 1 aliphatic carbocycles. The minimum atomic E-state index is -0.118. The Morgan fingerprint density at radius 1 is 0.500 bits per heavy atom. The van der Waals surface area contributed by atoms with Gasteiger partial charge in [-0.25, -0.2) is 9.97 Å². The van der Waals surface area contributed by atoms with Crippen LogP contribution < -0.4 is 30.2 Å². The van der Waals surface area contributed by atoms with Crippen molar-refractivity contribution in [2.24, 2.45) is 0 Å². The predicted molar refractivity (Wildman–Crippen MR) is 351 cm³/mol. The molecule has 94 heavy (non-hydrogen) atoms. The number of carbonyl (C=O) groups excluding carboxylic acids is 1. The van der Waals surface area contributed by atoms with E-state index in [4.69, 9.17) is 42.0 Å². The fraction of sp³-hybridized carbons (Fsp3) is 0.394. The van der Waals surface area contributed by atoms with Crippen molar-refractivity contribution in [3.05, 3.63) is 184 Å². The Bertz CT molecular complexity index is 3940. The van der Waals surface area contributed by atoms with E-state index in [0.29, 0.717) is 84.6 Å². The van der Waals surface area contributed by atoms with Crippen molar-refractivity contribution in [3.63, 3.8) is 0 Å². The van der Waals surface area contributed by atoms with Crippen molar-refractivity contribution in [1.29, 1.82) is 0 Å². The van der Waals surface area contributed by atoms with Crippen molar-refractivity contribution < 1.29 is 46.8 Å². The van der Waals surface area contributed by atoms with Gasteiger partial charge in [0.25, 0.3) is 5.91 Å². The first kappa shape index (κ1) is 65.8. The number of pyridine rings is 5. The van der Waals surface area contributed by atoms with Crippen LogP contribution in [0.25, 0.3) is 45.2 Å². The maximum Gasteiger partial charge on any atom is 0.253 e. The minimum Gasteiger partial charge on any atom is -0.473 e. The van der Waals surface area contributed by atoms with Crippen LogP contribution in [0.3, 0.4) is 0 Å². The zero-order valence-electron chi connectivity index (χ0n) is 54.2. The third-order valence-electron chi connectivity index (χ3n) is 16.8. The third-order valence-corrected chi connectivity index (χ3v) is 16.8. The van der Waals surface area contributed by atoms with E-state index in [1.807, 2.05) is 90.2 Å². The SMILES string of the molecule is C=C(NC1CCOCC1)c1ccc(OCc2c(-c3ccc(C)nc3)noc2CC)nn1.C=C(NC1CCOCC1)c1ccc(OCc2c(-c3ccc(C4CC4)nc3)noc2C)nc1.Cc1ccc(-c2noc(C)c2COc2cc(C)c(C(=O)NC3CCOCC3)cn2)cn1. The number of carbonyl (C=O) groups is 1. The summed E-state index contributed by atoms with van der Waals surface area (Å²) in [6.07, 6.45) is 17.5. The lowest BCUT2D eigenvalue weighted by molar-refractivity contribution is 0.0696. The Labute approximate surface area is 546 Å². The normalized spacial score (nSPS) is 15.2. The Morgan fingerprint density at radius 3 is 1.50 bits per heavy atom. The number of aromatic nitrogens is 10. The predicted octanol–water partition coefficient (Wildman–Crippen LogP) is 11.9. The van der Waals surface area contributed by atoms with E-state index in [0.717, 1.165) is 161 Å². The highest BCUT2D eigenvalue weighted by Crippen LogP contribution is 2.39. The summed E-state index contributed by atoms with van der Waals surface area (Å²) in [7, 11) is 0. The van der Waals surface area contributed by atoms with Gasteiger partial charge in [-0.05, 0) is 140 Å². The van der Waals surface area contributed by atoms with Gasteiger partial charge < -0.3 is 57.9 Å². The lowest BCUT2D eigenvalue weighted by Crippen LogP contribution is -2.39. The van der Waals surface area contributed by atoms with Gasteiger partial charge in [0, 0.05) is 164 Å².